The number of aliphatic hydroxyl groups excluding tert-OH is 1. The van der Waals surface area contributed by atoms with Crippen molar-refractivity contribution in [3.05, 3.63) is 53.1 Å². The number of nitrogens with zero attached hydrogens (tertiary/aromatic N) is 1. The van der Waals surface area contributed by atoms with E-state index in [0.717, 1.165) is 31.4 Å². The van der Waals surface area contributed by atoms with Crippen molar-refractivity contribution in [2.75, 3.05) is 7.11 Å². The van der Waals surface area contributed by atoms with Gasteiger partial charge in [-0.25, -0.2) is 4.39 Å². The van der Waals surface area contributed by atoms with Crippen molar-refractivity contribution in [3.63, 3.8) is 0 Å². The van der Waals surface area contributed by atoms with E-state index in [9.17, 15) is 19.4 Å². The van der Waals surface area contributed by atoms with Crippen molar-refractivity contribution in [2.45, 2.75) is 76.2 Å². The van der Waals surface area contributed by atoms with Crippen LogP contribution in [-0.2, 0) is 19.3 Å². The highest BCUT2D eigenvalue weighted by atomic mass is 31.1. The lowest BCUT2D eigenvalue weighted by Gasteiger charge is -2.33. The molecule has 1 aliphatic carbocycles. The van der Waals surface area contributed by atoms with E-state index in [1.165, 1.54) is 32.6 Å². The summed E-state index contributed by atoms with van der Waals surface area (Å²) in [5.74, 6) is 0.865. The molecule has 35 heavy (non-hydrogen) atoms. The Bertz CT molecular complexity index is 1060. The van der Waals surface area contributed by atoms with Gasteiger partial charge in [0, 0.05) is 30.0 Å². The first kappa shape index (κ1) is 28.7. The Morgan fingerprint density at radius 3 is 2.23 bits per heavy atom. The average Bonchev–Trinajstić information content (AvgIpc) is 2.85. The molecule has 0 amide bonds. The van der Waals surface area contributed by atoms with Gasteiger partial charge in [-0.3, -0.25) is 14.3 Å². The van der Waals surface area contributed by atoms with Crippen LogP contribution in [0.4, 0.5) is 4.39 Å². The molecule has 1 aliphatic rings. The number of carboxylic acids is 1. The summed E-state index contributed by atoms with van der Waals surface area (Å²) < 4.78 is 26.9. The molecule has 6 nitrogen and oxygen atoms in total. The van der Waals surface area contributed by atoms with E-state index in [-0.39, 0.29) is 17.7 Å². The fourth-order valence-electron chi connectivity index (χ4n) is 4.63. The molecular formula is C27H35FNO5P. The van der Waals surface area contributed by atoms with E-state index >= 15 is 0 Å². The van der Waals surface area contributed by atoms with Gasteiger partial charge in [0.1, 0.15) is 5.82 Å². The number of terminal acetylenes is 1. The van der Waals surface area contributed by atoms with Gasteiger partial charge in [0.15, 0.2) is 14.1 Å². The van der Waals surface area contributed by atoms with Gasteiger partial charge in [0.05, 0.1) is 6.10 Å². The SMILES string of the molecule is C#CC(C(=O)O)(c1c(-c2ccc(F)cc2)cc(C2CCCCC2)nc1C(C)C)C(C)O.CO[PH2]=O. The van der Waals surface area contributed by atoms with Crippen LogP contribution in [0.15, 0.2) is 30.3 Å². The van der Waals surface area contributed by atoms with E-state index in [1.54, 1.807) is 12.1 Å². The molecule has 3 unspecified atom stereocenters. The minimum absolute atomic E-state index is 0.122. The highest BCUT2D eigenvalue weighted by Gasteiger charge is 2.48. The molecule has 2 N–H and O–H groups in total. The van der Waals surface area contributed by atoms with Crippen molar-refractivity contribution >= 4 is 14.7 Å². The summed E-state index contributed by atoms with van der Waals surface area (Å²) in [6.07, 6.45) is 9.96. The lowest BCUT2D eigenvalue weighted by atomic mass is 9.71. The number of hydrogen-bond acceptors (Lipinski definition) is 5. The predicted octanol–water partition coefficient (Wildman–Crippen LogP) is 5.70. The van der Waals surface area contributed by atoms with Crippen LogP contribution in [0, 0.1) is 18.2 Å². The Labute approximate surface area is 208 Å². The van der Waals surface area contributed by atoms with Crippen LogP contribution in [0.1, 0.15) is 81.7 Å². The molecule has 8 heteroatoms. The van der Waals surface area contributed by atoms with Gasteiger partial charge in [-0.05, 0) is 55.0 Å². The fraction of sp³-hybridized carbons (Fsp3) is 0.481. The van der Waals surface area contributed by atoms with Crippen molar-refractivity contribution in [3.8, 4) is 23.5 Å². The summed E-state index contributed by atoms with van der Waals surface area (Å²) in [5, 5.41) is 20.8. The van der Waals surface area contributed by atoms with Crippen molar-refractivity contribution < 1.29 is 28.5 Å². The van der Waals surface area contributed by atoms with Gasteiger partial charge < -0.3 is 14.7 Å². The molecule has 1 aromatic heterocycles. The number of rotatable bonds is 7. The number of benzene rings is 1. The number of pyridine rings is 1. The van der Waals surface area contributed by atoms with Crippen molar-refractivity contribution in [1.82, 2.24) is 4.98 Å². The smallest absolute Gasteiger partial charge is 0.329 e. The zero-order chi connectivity index (χ0) is 26.2. The third kappa shape index (κ3) is 6.38. The van der Waals surface area contributed by atoms with Gasteiger partial charge >= 0.3 is 5.97 Å². The highest BCUT2D eigenvalue weighted by Crippen LogP contribution is 2.43. The molecule has 1 saturated carbocycles. The van der Waals surface area contributed by atoms with Gasteiger partial charge in [-0.15, -0.1) is 6.42 Å². The molecule has 190 valence electrons. The third-order valence-corrected chi connectivity index (χ3v) is 6.67. The van der Waals surface area contributed by atoms with E-state index in [4.69, 9.17) is 16.0 Å². The number of halogens is 1. The largest absolute Gasteiger partial charge is 0.480 e. The maximum Gasteiger partial charge on any atom is 0.329 e. The summed E-state index contributed by atoms with van der Waals surface area (Å²) in [6.45, 7) is 5.27. The van der Waals surface area contributed by atoms with Gasteiger partial charge in [0.25, 0.3) is 0 Å². The number of aromatic nitrogens is 1. The number of aliphatic hydroxyl groups is 1. The predicted molar refractivity (Wildman–Crippen MR) is 137 cm³/mol. The maximum atomic E-state index is 13.7. The standard InChI is InChI=1S/C26H30FNO3.CH5O2P/c1-5-26(17(4)29,25(30)31)23-21(18-11-13-20(27)14-12-18)15-22(28-24(23)16(2)3)19-9-7-6-8-10-19;1-3-4-2/h1,11-17,19,29H,6-10H2,2-4H3,(H,30,31);4H2,1H3. The van der Waals surface area contributed by atoms with Crippen molar-refractivity contribution in [2.24, 2.45) is 0 Å². The molecule has 3 atom stereocenters. The first-order chi connectivity index (χ1) is 16.6. The first-order valence-corrected chi connectivity index (χ1v) is 12.7. The second kappa shape index (κ2) is 13.0. The minimum Gasteiger partial charge on any atom is -0.480 e. The summed E-state index contributed by atoms with van der Waals surface area (Å²) in [6, 6.07) is 7.83. The fourth-order valence-corrected chi connectivity index (χ4v) is 4.63. The van der Waals surface area contributed by atoms with Crippen LogP contribution in [0.25, 0.3) is 11.1 Å². The number of aliphatic carboxylic acids is 1. The quantitative estimate of drug-likeness (QED) is 0.372. The minimum atomic E-state index is -1.97. The number of hydrogen-bond donors (Lipinski definition) is 2. The lowest BCUT2D eigenvalue weighted by Crippen LogP contribution is -2.45. The van der Waals surface area contributed by atoms with Crippen LogP contribution in [0.2, 0.25) is 0 Å². The monoisotopic (exact) mass is 503 g/mol. The van der Waals surface area contributed by atoms with Crippen LogP contribution in [0.3, 0.4) is 0 Å². The van der Waals surface area contributed by atoms with Crippen LogP contribution < -0.4 is 0 Å². The first-order valence-electron chi connectivity index (χ1n) is 11.8. The van der Waals surface area contributed by atoms with Gasteiger partial charge in [0.2, 0.25) is 0 Å². The second-order valence-electron chi connectivity index (χ2n) is 9.12. The highest BCUT2D eigenvalue weighted by molar-refractivity contribution is 7.17. The number of carboxylic acid groups (broad SMARTS) is 1. The summed E-state index contributed by atoms with van der Waals surface area (Å²) in [5.41, 5.74) is 1.08. The summed E-state index contributed by atoms with van der Waals surface area (Å²) in [7, 11) is 0.437. The zero-order valence-corrected chi connectivity index (χ0v) is 21.9. The Morgan fingerprint density at radius 1 is 1.23 bits per heavy atom. The third-order valence-electron chi connectivity index (χ3n) is 6.48. The molecule has 0 aliphatic heterocycles. The number of carbonyl (C=O) groups is 1. The molecular weight excluding hydrogens is 468 g/mol. The Hall–Kier alpha value is -2.52. The Morgan fingerprint density at radius 2 is 1.80 bits per heavy atom. The Balaban J connectivity index is 0.00000100. The average molecular weight is 504 g/mol. The van der Waals surface area contributed by atoms with Crippen LogP contribution in [-0.4, -0.2) is 34.4 Å². The molecule has 0 saturated heterocycles. The molecule has 1 aromatic carbocycles. The molecule has 0 radical (unpaired) electrons. The van der Waals surface area contributed by atoms with E-state index in [0.29, 0.717) is 22.4 Å². The molecule has 3 rings (SSSR count). The van der Waals surface area contributed by atoms with E-state index in [1.807, 2.05) is 19.9 Å². The topological polar surface area (TPSA) is 96.7 Å². The van der Waals surface area contributed by atoms with Gasteiger partial charge in [-0.2, -0.15) is 0 Å². The molecule has 2 aromatic rings. The van der Waals surface area contributed by atoms with Gasteiger partial charge in [-0.1, -0.05) is 51.2 Å². The maximum absolute atomic E-state index is 13.7. The van der Waals surface area contributed by atoms with Crippen molar-refractivity contribution in [1.29, 1.82) is 0 Å². The summed E-state index contributed by atoms with van der Waals surface area (Å²) in [4.78, 5) is 17.4. The lowest BCUT2D eigenvalue weighted by molar-refractivity contribution is -0.145. The molecule has 1 fully saturated rings. The van der Waals surface area contributed by atoms with Crippen LogP contribution >= 0.6 is 8.69 Å². The normalized spacial score (nSPS) is 16.9. The molecule has 0 bridgehead atoms. The van der Waals surface area contributed by atoms with E-state index < -0.39 is 26.2 Å². The van der Waals surface area contributed by atoms with E-state index in [2.05, 4.69) is 10.4 Å². The molecule has 0 spiro atoms. The second-order valence-corrected chi connectivity index (χ2v) is 9.78. The Kier molecular flexibility index (Phi) is 10.6. The summed E-state index contributed by atoms with van der Waals surface area (Å²) >= 11 is 0. The molecule has 1 heterocycles. The zero-order valence-electron chi connectivity index (χ0n) is 20.8. The van der Waals surface area contributed by atoms with Crippen LogP contribution in [0.5, 0.6) is 0 Å².